The van der Waals surface area contributed by atoms with Gasteiger partial charge in [-0.1, -0.05) is 42.5 Å². The summed E-state index contributed by atoms with van der Waals surface area (Å²) in [5, 5.41) is 0. The molecular formula is C15H11F5. The molecule has 0 spiro atoms. The molecule has 0 radical (unpaired) electrons. The van der Waals surface area contributed by atoms with E-state index < -0.39 is 24.6 Å². The average molecular weight is 286 g/mol. The van der Waals surface area contributed by atoms with Gasteiger partial charge in [-0.3, -0.25) is 0 Å². The zero-order chi connectivity index (χ0) is 14.8. The fraction of sp³-hybridized carbons (Fsp3) is 0.200. The molecule has 2 aromatic rings. The highest BCUT2D eigenvalue weighted by Gasteiger charge is 2.32. The summed E-state index contributed by atoms with van der Waals surface area (Å²) in [6.07, 6.45) is -8.18. The molecule has 0 bridgehead atoms. The standard InChI is InChI=1S/C15H11F5/c16-13-4-2-1-3-12(13)10-5-7-11(8-6-10)14(17)9-15(18,19)20/h1-8,14H,9H2. The summed E-state index contributed by atoms with van der Waals surface area (Å²) in [7, 11) is 0. The van der Waals surface area contributed by atoms with Gasteiger partial charge in [0.1, 0.15) is 12.0 Å². The van der Waals surface area contributed by atoms with Crippen LogP contribution >= 0.6 is 0 Å². The third-order valence-electron chi connectivity index (χ3n) is 2.87. The summed E-state index contributed by atoms with van der Waals surface area (Å²) in [6, 6.07) is 11.3. The highest BCUT2D eigenvalue weighted by atomic mass is 19.4. The largest absolute Gasteiger partial charge is 0.392 e. The van der Waals surface area contributed by atoms with Gasteiger partial charge in [0.25, 0.3) is 0 Å². The van der Waals surface area contributed by atoms with E-state index in [-0.39, 0.29) is 5.56 Å². The van der Waals surface area contributed by atoms with E-state index in [1.165, 1.54) is 36.4 Å². The van der Waals surface area contributed by atoms with Crippen LogP contribution < -0.4 is 0 Å². The van der Waals surface area contributed by atoms with E-state index in [4.69, 9.17) is 0 Å². The van der Waals surface area contributed by atoms with Gasteiger partial charge in [0, 0.05) is 5.56 Å². The van der Waals surface area contributed by atoms with Crippen molar-refractivity contribution in [2.24, 2.45) is 0 Å². The Hall–Kier alpha value is -1.91. The topological polar surface area (TPSA) is 0 Å². The van der Waals surface area contributed by atoms with E-state index >= 15 is 0 Å². The number of rotatable bonds is 3. The van der Waals surface area contributed by atoms with Crippen molar-refractivity contribution >= 4 is 0 Å². The van der Waals surface area contributed by atoms with Gasteiger partial charge >= 0.3 is 6.18 Å². The molecule has 106 valence electrons. The summed E-state index contributed by atoms with van der Waals surface area (Å²) < 4.78 is 63.3. The smallest absolute Gasteiger partial charge is 0.242 e. The normalized spacial score (nSPS) is 13.2. The van der Waals surface area contributed by atoms with Crippen LogP contribution in [0.3, 0.4) is 0 Å². The van der Waals surface area contributed by atoms with Crippen molar-refractivity contribution in [3.05, 3.63) is 59.9 Å². The molecule has 0 fully saturated rings. The molecule has 0 aliphatic heterocycles. The van der Waals surface area contributed by atoms with Gasteiger partial charge in [-0.2, -0.15) is 13.2 Å². The molecule has 1 atom stereocenters. The van der Waals surface area contributed by atoms with Crippen LogP contribution in [-0.4, -0.2) is 6.18 Å². The molecule has 20 heavy (non-hydrogen) atoms. The predicted octanol–water partition coefficient (Wildman–Crippen LogP) is 5.46. The molecule has 0 aliphatic carbocycles. The average Bonchev–Trinajstić information content (AvgIpc) is 2.37. The van der Waals surface area contributed by atoms with Crippen molar-refractivity contribution in [1.82, 2.24) is 0 Å². The van der Waals surface area contributed by atoms with Crippen LogP contribution in [0.2, 0.25) is 0 Å². The first-order valence-electron chi connectivity index (χ1n) is 5.92. The SMILES string of the molecule is Fc1ccccc1-c1ccc(C(F)CC(F)(F)F)cc1. The lowest BCUT2D eigenvalue weighted by Crippen LogP contribution is -2.11. The lowest BCUT2D eigenvalue weighted by molar-refractivity contribution is -0.146. The van der Waals surface area contributed by atoms with Crippen molar-refractivity contribution in [3.63, 3.8) is 0 Å². The van der Waals surface area contributed by atoms with Crippen LogP contribution in [0, 0.1) is 5.82 Å². The van der Waals surface area contributed by atoms with E-state index in [1.54, 1.807) is 12.1 Å². The van der Waals surface area contributed by atoms with Gasteiger partial charge in [0.2, 0.25) is 0 Å². The van der Waals surface area contributed by atoms with E-state index in [1.807, 2.05) is 0 Å². The summed E-state index contributed by atoms with van der Waals surface area (Å²) in [5.74, 6) is -0.438. The molecule has 2 rings (SSSR count). The number of halogens is 5. The van der Waals surface area contributed by atoms with E-state index in [0.717, 1.165) is 0 Å². The van der Waals surface area contributed by atoms with Gasteiger partial charge in [-0.05, 0) is 17.2 Å². The first kappa shape index (κ1) is 14.5. The third-order valence-corrected chi connectivity index (χ3v) is 2.87. The van der Waals surface area contributed by atoms with Crippen molar-refractivity contribution in [2.45, 2.75) is 18.8 Å². The van der Waals surface area contributed by atoms with Crippen LogP contribution in [0.25, 0.3) is 11.1 Å². The van der Waals surface area contributed by atoms with E-state index in [9.17, 15) is 22.0 Å². The molecule has 5 heteroatoms. The first-order chi connectivity index (χ1) is 9.37. The zero-order valence-electron chi connectivity index (χ0n) is 10.3. The summed E-state index contributed by atoms with van der Waals surface area (Å²) in [5.41, 5.74) is 0.749. The van der Waals surface area contributed by atoms with Crippen molar-refractivity contribution < 1.29 is 22.0 Å². The molecule has 2 aromatic carbocycles. The van der Waals surface area contributed by atoms with Crippen LogP contribution in [-0.2, 0) is 0 Å². The van der Waals surface area contributed by atoms with E-state index in [0.29, 0.717) is 11.1 Å². The van der Waals surface area contributed by atoms with Gasteiger partial charge in [0.05, 0.1) is 6.42 Å². The molecule has 0 saturated carbocycles. The minimum atomic E-state index is -4.55. The molecule has 0 N–H and O–H groups in total. The lowest BCUT2D eigenvalue weighted by Gasteiger charge is -2.12. The van der Waals surface area contributed by atoms with Gasteiger partial charge in [0.15, 0.2) is 0 Å². The predicted molar refractivity (Wildman–Crippen MR) is 66.4 cm³/mol. The Balaban J connectivity index is 2.21. The molecule has 0 nitrogen and oxygen atoms in total. The maximum Gasteiger partial charge on any atom is 0.392 e. The summed E-state index contributed by atoms with van der Waals surface area (Å²) >= 11 is 0. The maximum absolute atomic E-state index is 13.5. The Kier molecular flexibility index (Phi) is 4.06. The number of hydrogen-bond donors (Lipinski definition) is 0. The Morgan fingerprint density at radius 2 is 1.50 bits per heavy atom. The second-order valence-corrected chi connectivity index (χ2v) is 4.39. The highest BCUT2D eigenvalue weighted by molar-refractivity contribution is 5.64. The van der Waals surface area contributed by atoms with Crippen LogP contribution in [0.4, 0.5) is 22.0 Å². The minimum Gasteiger partial charge on any atom is -0.242 e. The first-order valence-corrected chi connectivity index (χ1v) is 5.92. The lowest BCUT2D eigenvalue weighted by atomic mass is 10.0. The fourth-order valence-electron chi connectivity index (χ4n) is 1.89. The van der Waals surface area contributed by atoms with Crippen LogP contribution in [0.5, 0.6) is 0 Å². The molecule has 0 saturated heterocycles. The molecule has 0 heterocycles. The number of hydrogen-bond acceptors (Lipinski definition) is 0. The Morgan fingerprint density at radius 3 is 2.05 bits per heavy atom. The quantitative estimate of drug-likeness (QED) is 0.658. The second-order valence-electron chi connectivity index (χ2n) is 4.39. The van der Waals surface area contributed by atoms with Crippen LogP contribution in [0.15, 0.2) is 48.5 Å². The van der Waals surface area contributed by atoms with Crippen LogP contribution in [0.1, 0.15) is 18.2 Å². The van der Waals surface area contributed by atoms with Crippen molar-refractivity contribution in [3.8, 4) is 11.1 Å². The van der Waals surface area contributed by atoms with Gasteiger partial charge < -0.3 is 0 Å². The Morgan fingerprint density at radius 1 is 0.900 bits per heavy atom. The summed E-state index contributed by atoms with van der Waals surface area (Å²) in [6.45, 7) is 0. The van der Waals surface area contributed by atoms with Gasteiger partial charge in [-0.15, -0.1) is 0 Å². The monoisotopic (exact) mass is 286 g/mol. The number of benzene rings is 2. The van der Waals surface area contributed by atoms with Crippen molar-refractivity contribution in [2.75, 3.05) is 0 Å². The molecule has 1 unspecified atom stereocenters. The highest BCUT2D eigenvalue weighted by Crippen LogP contribution is 2.33. The molecular weight excluding hydrogens is 275 g/mol. The molecule has 0 amide bonds. The Bertz CT molecular complexity index is 572. The Labute approximate surface area is 112 Å². The second kappa shape index (κ2) is 5.61. The number of alkyl halides is 4. The maximum atomic E-state index is 13.5. The third kappa shape index (κ3) is 3.56. The molecule has 0 aromatic heterocycles. The van der Waals surface area contributed by atoms with Crippen molar-refractivity contribution in [1.29, 1.82) is 0 Å². The van der Waals surface area contributed by atoms with Gasteiger partial charge in [-0.25, -0.2) is 8.78 Å². The minimum absolute atomic E-state index is 0.0672. The fourth-order valence-corrected chi connectivity index (χ4v) is 1.89. The summed E-state index contributed by atoms with van der Waals surface area (Å²) in [4.78, 5) is 0. The van der Waals surface area contributed by atoms with E-state index in [2.05, 4.69) is 0 Å². The zero-order valence-corrected chi connectivity index (χ0v) is 10.3. The molecule has 0 aliphatic rings.